The normalized spacial score (nSPS) is 16.2. The number of hydrogen-bond donors (Lipinski definition) is 1. The minimum Gasteiger partial charge on any atom is -0.379 e. The number of halogens is 1. The van der Waals surface area contributed by atoms with Crippen LogP contribution in [0.25, 0.3) is 0 Å². The fourth-order valence-electron chi connectivity index (χ4n) is 2.78. The lowest BCUT2D eigenvalue weighted by Crippen LogP contribution is -2.43. The molecule has 2 aromatic rings. The summed E-state index contributed by atoms with van der Waals surface area (Å²) in [6.07, 6.45) is 0. The molecule has 24 heavy (non-hydrogen) atoms. The highest BCUT2D eigenvalue weighted by Crippen LogP contribution is 2.25. The molecule has 1 aromatic carbocycles. The summed E-state index contributed by atoms with van der Waals surface area (Å²) >= 11 is 1.74. The molecular formula is C18H23ClN2O2S. The van der Waals surface area contributed by atoms with E-state index in [4.69, 9.17) is 4.74 Å². The van der Waals surface area contributed by atoms with E-state index in [9.17, 15) is 4.79 Å². The number of amides is 1. The number of ether oxygens (including phenoxy) is 1. The van der Waals surface area contributed by atoms with Gasteiger partial charge in [0, 0.05) is 30.1 Å². The van der Waals surface area contributed by atoms with E-state index < -0.39 is 0 Å². The number of thiophene rings is 1. The van der Waals surface area contributed by atoms with E-state index in [1.165, 1.54) is 4.88 Å². The molecule has 1 saturated heterocycles. The molecule has 6 heteroatoms. The largest absolute Gasteiger partial charge is 0.379 e. The number of morpholine rings is 1. The fraction of sp³-hybridized carbons (Fsp3) is 0.389. The summed E-state index contributed by atoms with van der Waals surface area (Å²) in [6, 6.07) is 12.1. The molecule has 0 saturated carbocycles. The fourth-order valence-corrected chi connectivity index (χ4v) is 3.64. The van der Waals surface area contributed by atoms with Gasteiger partial charge in [0.25, 0.3) is 5.91 Å². The first-order valence-electron chi connectivity index (χ1n) is 7.94. The smallest absolute Gasteiger partial charge is 0.251 e. The number of nitrogens with one attached hydrogen (secondary N) is 1. The van der Waals surface area contributed by atoms with Crippen LogP contribution in [0.3, 0.4) is 0 Å². The average molecular weight is 367 g/mol. The van der Waals surface area contributed by atoms with Crippen LogP contribution in [0, 0.1) is 6.92 Å². The maximum Gasteiger partial charge on any atom is 0.251 e. The predicted octanol–water partition coefficient (Wildman–Crippen LogP) is 3.28. The summed E-state index contributed by atoms with van der Waals surface area (Å²) in [5.41, 5.74) is 1.87. The number of nitrogens with zero attached hydrogens (tertiary/aromatic N) is 1. The van der Waals surface area contributed by atoms with E-state index in [0.29, 0.717) is 12.1 Å². The van der Waals surface area contributed by atoms with Gasteiger partial charge in [0.2, 0.25) is 0 Å². The van der Waals surface area contributed by atoms with Crippen LogP contribution in [-0.2, 0) is 4.74 Å². The lowest BCUT2D eigenvalue weighted by Gasteiger charge is -2.34. The molecule has 4 nitrogen and oxygen atoms in total. The summed E-state index contributed by atoms with van der Waals surface area (Å²) in [6.45, 7) is 5.97. The van der Waals surface area contributed by atoms with Gasteiger partial charge in [0.05, 0.1) is 19.3 Å². The molecule has 1 atom stereocenters. The first-order chi connectivity index (χ1) is 11.2. The lowest BCUT2D eigenvalue weighted by atomic mass is 10.1. The minimum atomic E-state index is -0.0141. The molecule has 2 heterocycles. The van der Waals surface area contributed by atoms with Gasteiger partial charge in [-0.05, 0) is 30.5 Å². The second-order valence-electron chi connectivity index (χ2n) is 5.76. The van der Waals surface area contributed by atoms with Gasteiger partial charge >= 0.3 is 0 Å². The highest BCUT2D eigenvalue weighted by Gasteiger charge is 2.24. The standard InChI is InChI=1S/C18H22N2O2S.ClH/c1-14-4-6-15(7-5-14)18(21)19-13-16(17-3-2-12-23-17)20-8-10-22-11-9-20;/h2-7,12,16H,8-11,13H2,1H3,(H,19,21);1H. The van der Waals surface area contributed by atoms with Crippen LogP contribution in [0.15, 0.2) is 41.8 Å². The molecular weight excluding hydrogens is 344 g/mol. The van der Waals surface area contributed by atoms with Crippen molar-refractivity contribution in [2.45, 2.75) is 13.0 Å². The van der Waals surface area contributed by atoms with Crippen molar-refractivity contribution in [3.63, 3.8) is 0 Å². The third-order valence-electron chi connectivity index (χ3n) is 4.13. The molecule has 0 aliphatic carbocycles. The summed E-state index contributed by atoms with van der Waals surface area (Å²) in [4.78, 5) is 16.0. The number of carbonyl (C=O) groups is 1. The van der Waals surface area contributed by atoms with Gasteiger partial charge in [-0.25, -0.2) is 0 Å². The first-order valence-corrected chi connectivity index (χ1v) is 8.82. The van der Waals surface area contributed by atoms with Crippen molar-refractivity contribution in [3.05, 3.63) is 57.8 Å². The van der Waals surface area contributed by atoms with Crippen LogP contribution in [0.4, 0.5) is 0 Å². The Morgan fingerprint density at radius 2 is 1.96 bits per heavy atom. The average Bonchev–Trinajstić information content (AvgIpc) is 3.11. The van der Waals surface area contributed by atoms with Gasteiger partial charge in [-0.3, -0.25) is 9.69 Å². The molecule has 0 radical (unpaired) electrons. The third kappa shape index (κ3) is 4.80. The second-order valence-corrected chi connectivity index (χ2v) is 6.73. The third-order valence-corrected chi connectivity index (χ3v) is 5.10. The Hall–Kier alpha value is -1.40. The van der Waals surface area contributed by atoms with Gasteiger partial charge in [0.15, 0.2) is 0 Å². The van der Waals surface area contributed by atoms with Crippen LogP contribution < -0.4 is 5.32 Å². The first kappa shape index (κ1) is 18.9. The number of hydrogen-bond acceptors (Lipinski definition) is 4. The Kier molecular flexibility index (Phi) is 7.24. The van der Waals surface area contributed by atoms with Crippen molar-refractivity contribution < 1.29 is 9.53 Å². The maximum atomic E-state index is 12.4. The highest BCUT2D eigenvalue weighted by molar-refractivity contribution is 7.10. The van der Waals surface area contributed by atoms with Crippen molar-refractivity contribution in [1.29, 1.82) is 0 Å². The van der Waals surface area contributed by atoms with Gasteiger partial charge in [-0.15, -0.1) is 23.7 Å². The Labute approximate surface area is 153 Å². The van der Waals surface area contributed by atoms with E-state index in [0.717, 1.165) is 31.9 Å². The Balaban J connectivity index is 0.00000208. The predicted molar refractivity (Wildman–Crippen MR) is 100 cm³/mol. The van der Waals surface area contributed by atoms with Gasteiger partial charge < -0.3 is 10.1 Å². The van der Waals surface area contributed by atoms with Gasteiger partial charge in [-0.2, -0.15) is 0 Å². The van der Waals surface area contributed by atoms with Crippen molar-refractivity contribution in [2.75, 3.05) is 32.8 Å². The van der Waals surface area contributed by atoms with Crippen molar-refractivity contribution >= 4 is 29.7 Å². The quantitative estimate of drug-likeness (QED) is 0.882. The Morgan fingerprint density at radius 3 is 2.58 bits per heavy atom. The van der Waals surface area contributed by atoms with Gasteiger partial charge in [-0.1, -0.05) is 23.8 Å². The minimum absolute atomic E-state index is 0. The molecule has 3 rings (SSSR count). The van der Waals surface area contributed by atoms with Crippen LogP contribution in [0.1, 0.15) is 26.8 Å². The lowest BCUT2D eigenvalue weighted by molar-refractivity contribution is 0.0169. The number of benzene rings is 1. The van der Waals surface area contributed by atoms with E-state index in [1.54, 1.807) is 11.3 Å². The zero-order valence-electron chi connectivity index (χ0n) is 13.7. The zero-order valence-corrected chi connectivity index (χ0v) is 15.4. The van der Waals surface area contributed by atoms with E-state index in [1.807, 2.05) is 31.2 Å². The molecule has 0 bridgehead atoms. The van der Waals surface area contributed by atoms with Gasteiger partial charge in [0.1, 0.15) is 0 Å². The van der Waals surface area contributed by atoms with Crippen LogP contribution >= 0.6 is 23.7 Å². The van der Waals surface area contributed by atoms with Crippen molar-refractivity contribution in [2.24, 2.45) is 0 Å². The zero-order chi connectivity index (χ0) is 16.1. The molecule has 1 aromatic heterocycles. The van der Waals surface area contributed by atoms with E-state index in [2.05, 4.69) is 27.7 Å². The number of rotatable bonds is 5. The summed E-state index contributed by atoms with van der Waals surface area (Å²) in [5.74, 6) is -0.0141. The van der Waals surface area contributed by atoms with Crippen molar-refractivity contribution in [1.82, 2.24) is 10.2 Å². The summed E-state index contributed by atoms with van der Waals surface area (Å²) in [5, 5.41) is 5.18. The molecule has 1 aliphatic rings. The SMILES string of the molecule is Cc1ccc(C(=O)NCC(c2cccs2)N2CCOCC2)cc1.Cl. The molecule has 1 unspecified atom stereocenters. The molecule has 0 spiro atoms. The Morgan fingerprint density at radius 1 is 1.25 bits per heavy atom. The van der Waals surface area contributed by atoms with Crippen LogP contribution in [-0.4, -0.2) is 43.7 Å². The molecule has 1 amide bonds. The highest BCUT2D eigenvalue weighted by atomic mass is 35.5. The second kappa shape index (κ2) is 9.18. The number of aryl methyl sites for hydroxylation is 1. The maximum absolute atomic E-state index is 12.4. The van der Waals surface area contributed by atoms with E-state index in [-0.39, 0.29) is 24.4 Å². The topological polar surface area (TPSA) is 41.6 Å². The van der Waals surface area contributed by atoms with Crippen molar-refractivity contribution in [3.8, 4) is 0 Å². The summed E-state index contributed by atoms with van der Waals surface area (Å²) < 4.78 is 5.45. The molecule has 1 fully saturated rings. The Bertz CT molecular complexity index is 625. The van der Waals surface area contributed by atoms with Crippen LogP contribution in [0.5, 0.6) is 0 Å². The molecule has 130 valence electrons. The molecule has 1 aliphatic heterocycles. The summed E-state index contributed by atoms with van der Waals surface area (Å²) in [7, 11) is 0. The monoisotopic (exact) mass is 366 g/mol. The van der Waals surface area contributed by atoms with Crippen LogP contribution in [0.2, 0.25) is 0 Å². The number of carbonyl (C=O) groups excluding carboxylic acids is 1. The van der Waals surface area contributed by atoms with E-state index >= 15 is 0 Å². The molecule has 1 N–H and O–H groups in total.